The van der Waals surface area contributed by atoms with Crippen LogP contribution in [0.25, 0.3) is 0 Å². The Labute approximate surface area is 79.9 Å². The summed E-state index contributed by atoms with van der Waals surface area (Å²) >= 11 is 0. The summed E-state index contributed by atoms with van der Waals surface area (Å²) in [6, 6.07) is 4.29. The van der Waals surface area contributed by atoms with Crippen LogP contribution in [0.4, 0.5) is 18.9 Å². The summed E-state index contributed by atoms with van der Waals surface area (Å²) in [5, 5.41) is 2.98. The molecule has 2 rings (SSSR count). The molecular weight excluding hydrogens is 191 g/mol. The highest BCUT2D eigenvalue weighted by atomic mass is 19.4. The van der Waals surface area contributed by atoms with Crippen molar-refractivity contribution in [3.8, 4) is 0 Å². The Morgan fingerprint density at radius 3 is 2.71 bits per heavy atom. The second kappa shape index (κ2) is 3.19. The fraction of sp³-hybridized carbons (Fsp3) is 0.400. The molecule has 0 saturated carbocycles. The highest BCUT2D eigenvalue weighted by molar-refractivity contribution is 5.57. The summed E-state index contributed by atoms with van der Waals surface area (Å²) in [4.78, 5) is 0. The summed E-state index contributed by atoms with van der Waals surface area (Å²) in [7, 11) is 0. The molecule has 0 unspecified atom stereocenters. The SMILES string of the molecule is FC(F)(F)c1cccc2c1CCCN2. The predicted octanol–water partition coefficient (Wildman–Crippen LogP) is 3.06. The van der Waals surface area contributed by atoms with Crippen LogP contribution >= 0.6 is 0 Å². The molecule has 0 saturated heterocycles. The smallest absolute Gasteiger partial charge is 0.385 e. The third kappa shape index (κ3) is 1.56. The maximum atomic E-state index is 12.5. The van der Waals surface area contributed by atoms with Crippen LogP contribution < -0.4 is 5.32 Å². The van der Waals surface area contributed by atoms with Crippen LogP contribution in [0.15, 0.2) is 18.2 Å². The van der Waals surface area contributed by atoms with Crippen molar-refractivity contribution in [2.24, 2.45) is 0 Å². The Morgan fingerprint density at radius 1 is 1.21 bits per heavy atom. The van der Waals surface area contributed by atoms with E-state index in [0.29, 0.717) is 17.7 Å². The summed E-state index contributed by atoms with van der Waals surface area (Å²) in [6.45, 7) is 0.758. The van der Waals surface area contributed by atoms with E-state index < -0.39 is 11.7 Å². The van der Waals surface area contributed by atoms with Gasteiger partial charge in [-0.05, 0) is 30.5 Å². The first-order chi connectivity index (χ1) is 6.59. The third-order valence-electron chi connectivity index (χ3n) is 2.40. The molecule has 0 spiro atoms. The minimum Gasteiger partial charge on any atom is -0.385 e. The lowest BCUT2D eigenvalue weighted by molar-refractivity contribution is -0.138. The maximum Gasteiger partial charge on any atom is 0.416 e. The molecule has 14 heavy (non-hydrogen) atoms. The van der Waals surface area contributed by atoms with E-state index in [1.165, 1.54) is 6.07 Å². The van der Waals surface area contributed by atoms with Gasteiger partial charge in [-0.1, -0.05) is 6.07 Å². The van der Waals surface area contributed by atoms with Gasteiger partial charge < -0.3 is 5.32 Å². The zero-order valence-electron chi connectivity index (χ0n) is 7.49. The Kier molecular flexibility index (Phi) is 2.13. The van der Waals surface area contributed by atoms with Gasteiger partial charge in [-0.15, -0.1) is 0 Å². The standard InChI is InChI=1S/C10H10F3N/c11-10(12,13)8-4-1-5-9-7(8)3-2-6-14-9/h1,4-5,14H,2-3,6H2. The maximum absolute atomic E-state index is 12.5. The molecule has 1 heterocycles. The topological polar surface area (TPSA) is 12.0 Å². The van der Waals surface area contributed by atoms with Crippen LogP contribution in [-0.4, -0.2) is 6.54 Å². The predicted molar refractivity (Wildman–Crippen MR) is 48.3 cm³/mol. The van der Waals surface area contributed by atoms with Crippen LogP contribution in [0.2, 0.25) is 0 Å². The molecule has 0 fully saturated rings. The average Bonchev–Trinajstić information content (AvgIpc) is 2.15. The number of hydrogen-bond donors (Lipinski definition) is 1. The Morgan fingerprint density at radius 2 is 2.00 bits per heavy atom. The third-order valence-corrected chi connectivity index (χ3v) is 2.40. The molecule has 1 aliphatic heterocycles. The molecule has 4 heteroatoms. The van der Waals surface area contributed by atoms with Gasteiger partial charge in [0.25, 0.3) is 0 Å². The van der Waals surface area contributed by atoms with Crippen molar-refractivity contribution in [2.75, 3.05) is 11.9 Å². The lowest BCUT2D eigenvalue weighted by Gasteiger charge is -2.21. The van der Waals surface area contributed by atoms with Crippen molar-refractivity contribution in [2.45, 2.75) is 19.0 Å². The molecule has 0 aromatic heterocycles. The monoisotopic (exact) mass is 201 g/mol. The minimum absolute atomic E-state index is 0.409. The first-order valence-electron chi connectivity index (χ1n) is 4.52. The number of alkyl halides is 3. The van der Waals surface area contributed by atoms with Crippen molar-refractivity contribution >= 4 is 5.69 Å². The van der Waals surface area contributed by atoms with Crippen molar-refractivity contribution in [3.63, 3.8) is 0 Å². The van der Waals surface area contributed by atoms with Crippen LogP contribution in [0.1, 0.15) is 17.5 Å². The lowest BCUT2D eigenvalue weighted by Crippen LogP contribution is -2.17. The van der Waals surface area contributed by atoms with Gasteiger partial charge in [0.15, 0.2) is 0 Å². The lowest BCUT2D eigenvalue weighted by atomic mass is 9.97. The van der Waals surface area contributed by atoms with E-state index in [0.717, 1.165) is 19.0 Å². The molecule has 1 aromatic rings. The first-order valence-corrected chi connectivity index (χ1v) is 4.52. The van der Waals surface area contributed by atoms with Gasteiger partial charge in [-0.2, -0.15) is 13.2 Å². The Balaban J connectivity index is 2.51. The van der Waals surface area contributed by atoms with E-state index in [1.807, 2.05) is 0 Å². The summed E-state index contributed by atoms with van der Waals surface area (Å²) < 4.78 is 37.6. The highest BCUT2D eigenvalue weighted by Crippen LogP contribution is 2.36. The fourth-order valence-corrected chi connectivity index (χ4v) is 1.78. The van der Waals surface area contributed by atoms with Crippen molar-refractivity contribution in [1.29, 1.82) is 0 Å². The van der Waals surface area contributed by atoms with Gasteiger partial charge in [-0.25, -0.2) is 0 Å². The van der Waals surface area contributed by atoms with Gasteiger partial charge in [0.1, 0.15) is 0 Å². The molecule has 1 N–H and O–H groups in total. The summed E-state index contributed by atoms with van der Waals surface area (Å²) in [5.41, 5.74) is 0.541. The van der Waals surface area contributed by atoms with Crippen LogP contribution in [0.3, 0.4) is 0 Å². The van der Waals surface area contributed by atoms with Gasteiger partial charge >= 0.3 is 6.18 Å². The number of nitrogens with one attached hydrogen (secondary N) is 1. The largest absolute Gasteiger partial charge is 0.416 e. The second-order valence-electron chi connectivity index (χ2n) is 3.36. The highest BCUT2D eigenvalue weighted by Gasteiger charge is 2.34. The molecule has 0 radical (unpaired) electrons. The van der Waals surface area contributed by atoms with Crippen molar-refractivity contribution in [3.05, 3.63) is 29.3 Å². The van der Waals surface area contributed by atoms with Crippen LogP contribution in [0, 0.1) is 0 Å². The molecule has 0 bridgehead atoms. The van der Waals surface area contributed by atoms with Gasteiger partial charge in [0.05, 0.1) is 5.56 Å². The van der Waals surface area contributed by atoms with Crippen LogP contribution in [0.5, 0.6) is 0 Å². The van der Waals surface area contributed by atoms with Crippen LogP contribution in [-0.2, 0) is 12.6 Å². The van der Waals surface area contributed by atoms with E-state index >= 15 is 0 Å². The number of anilines is 1. The number of benzene rings is 1. The zero-order chi connectivity index (χ0) is 10.2. The molecule has 1 nitrogen and oxygen atoms in total. The molecule has 76 valence electrons. The molecule has 0 amide bonds. The molecule has 1 aromatic carbocycles. The number of fused-ring (bicyclic) bond motifs is 1. The van der Waals surface area contributed by atoms with E-state index in [2.05, 4.69) is 5.32 Å². The first kappa shape index (κ1) is 9.37. The Bertz CT molecular complexity index is 344. The molecule has 0 atom stereocenters. The number of rotatable bonds is 0. The van der Waals surface area contributed by atoms with Gasteiger partial charge in [0.2, 0.25) is 0 Å². The number of hydrogen-bond acceptors (Lipinski definition) is 1. The van der Waals surface area contributed by atoms with Gasteiger partial charge in [0, 0.05) is 12.2 Å². The Hall–Kier alpha value is -1.19. The molecule has 0 aliphatic carbocycles. The summed E-state index contributed by atoms with van der Waals surface area (Å²) in [6.07, 6.45) is -2.96. The molecular formula is C10H10F3N. The quantitative estimate of drug-likeness (QED) is 0.680. The molecule has 1 aliphatic rings. The minimum atomic E-state index is -4.23. The second-order valence-corrected chi connectivity index (χ2v) is 3.36. The normalized spacial score (nSPS) is 15.9. The number of halogens is 3. The zero-order valence-corrected chi connectivity index (χ0v) is 7.49. The summed E-state index contributed by atoms with van der Waals surface area (Å²) in [5.74, 6) is 0. The van der Waals surface area contributed by atoms with Gasteiger partial charge in [-0.3, -0.25) is 0 Å². The van der Waals surface area contributed by atoms with Crippen molar-refractivity contribution in [1.82, 2.24) is 0 Å². The van der Waals surface area contributed by atoms with E-state index in [-0.39, 0.29) is 0 Å². The van der Waals surface area contributed by atoms with E-state index in [1.54, 1.807) is 6.07 Å². The van der Waals surface area contributed by atoms with E-state index in [9.17, 15) is 13.2 Å². The van der Waals surface area contributed by atoms with E-state index in [4.69, 9.17) is 0 Å². The fourth-order valence-electron chi connectivity index (χ4n) is 1.78. The van der Waals surface area contributed by atoms with Crippen molar-refractivity contribution < 1.29 is 13.2 Å². The average molecular weight is 201 g/mol.